The molecule has 1 aliphatic rings. The summed E-state index contributed by atoms with van der Waals surface area (Å²) in [6, 6.07) is 1.72. The predicted molar refractivity (Wildman–Crippen MR) is 74.2 cm³/mol. The number of aryl methyl sites for hydroxylation is 1. The summed E-state index contributed by atoms with van der Waals surface area (Å²) >= 11 is 3.36. The van der Waals surface area contributed by atoms with E-state index in [4.69, 9.17) is 4.52 Å². The molecule has 7 heteroatoms. The van der Waals surface area contributed by atoms with Gasteiger partial charge in [0.05, 0.1) is 11.5 Å². The average molecular weight is 337 g/mol. The summed E-state index contributed by atoms with van der Waals surface area (Å²) in [5, 5.41) is 3.80. The number of aromatic nitrogens is 3. The molecule has 3 rings (SSSR count). The molecule has 0 N–H and O–H groups in total. The molecule has 1 saturated heterocycles. The zero-order chi connectivity index (χ0) is 14.1. The molecule has 0 aromatic carbocycles. The first-order chi connectivity index (χ1) is 9.65. The lowest BCUT2D eigenvalue weighted by Gasteiger charge is -2.16. The summed E-state index contributed by atoms with van der Waals surface area (Å²) < 4.78 is 5.90. The average Bonchev–Trinajstić information content (AvgIpc) is 3.07. The second kappa shape index (κ2) is 5.32. The van der Waals surface area contributed by atoms with Gasteiger partial charge in [-0.1, -0.05) is 5.16 Å². The minimum Gasteiger partial charge on any atom is -0.339 e. The molecule has 20 heavy (non-hydrogen) atoms. The molecule has 0 aliphatic carbocycles. The van der Waals surface area contributed by atoms with Crippen LogP contribution in [0.25, 0.3) is 0 Å². The van der Waals surface area contributed by atoms with E-state index in [0.29, 0.717) is 34.8 Å². The van der Waals surface area contributed by atoms with Crippen LogP contribution < -0.4 is 0 Å². The maximum absolute atomic E-state index is 12.5. The topological polar surface area (TPSA) is 72.1 Å². The fourth-order valence-electron chi connectivity index (χ4n) is 2.34. The van der Waals surface area contributed by atoms with Gasteiger partial charge in [0.15, 0.2) is 5.82 Å². The van der Waals surface area contributed by atoms with Crippen molar-refractivity contribution in [1.29, 1.82) is 0 Å². The van der Waals surface area contributed by atoms with Crippen LogP contribution >= 0.6 is 15.9 Å². The quantitative estimate of drug-likeness (QED) is 0.840. The number of carbonyl (C=O) groups is 1. The Morgan fingerprint density at radius 2 is 2.40 bits per heavy atom. The van der Waals surface area contributed by atoms with Gasteiger partial charge in [0, 0.05) is 30.0 Å². The highest BCUT2D eigenvalue weighted by Gasteiger charge is 2.31. The molecule has 6 nitrogen and oxygen atoms in total. The van der Waals surface area contributed by atoms with Crippen LogP contribution in [0.2, 0.25) is 0 Å². The van der Waals surface area contributed by atoms with Crippen LogP contribution in [-0.2, 0) is 0 Å². The number of pyridine rings is 1. The van der Waals surface area contributed by atoms with Gasteiger partial charge in [0.1, 0.15) is 0 Å². The second-order valence-electron chi connectivity index (χ2n) is 4.77. The van der Waals surface area contributed by atoms with Crippen molar-refractivity contribution >= 4 is 21.8 Å². The van der Waals surface area contributed by atoms with Gasteiger partial charge < -0.3 is 9.42 Å². The fourth-order valence-corrected chi connectivity index (χ4v) is 2.76. The summed E-state index contributed by atoms with van der Waals surface area (Å²) in [5.41, 5.74) is 0.627. The third kappa shape index (κ3) is 2.45. The first kappa shape index (κ1) is 13.2. The van der Waals surface area contributed by atoms with Gasteiger partial charge in [0.2, 0.25) is 5.89 Å². The highest BCUT2D eigenvalue weighted by atomic mass is 79.9. The molecule has 0 bridgehead atoms. The monoisotopic (exact) mass is 336 g/mol. The van der Waals surface area contributed by atoms with Crippen LogP contribution in [0.4, 0.5) is 0 Å². The van der Waals surface area contributed by atoms with Crippen molar-refractivity contribution in [3.8, 4) is 0 Å². The lowest BCUT2D eigenvalue weighted by Crippen LogP contribution is -2.28. The summed E-state index contributed by atoms with van der Waals surface area (Å²) in [5.74, 6) is 1.37. The van der Waals surface area contributed by atoms with E-state index in [0.717, 1.165) is 6.42 Å². The molecule has 1 fully saturated rings. The lowest BCUT2D eigenvalue weighted by molar-refractivity contribution is 0.0788. The van der Waals surface area contributed by atoms with Crippen LogP contribution in [0.3, 0.4) is 0 Å². The van der Waals surface area contributed by atoms with Gasteiger partial charge in [-0.15, -0.1) is 0 Å². The van der Waals surface area contributed by atoms with Crippen molar-refractivity contribution in [2.24, 2.45) is 0 Å². The van der Waals surface area contributed by atoms with Crippen molar-refractivity contribution < 1.29 is 9.32 Å². The normalized spacial score (nSPS) is 18.5. The largest absolute Gasteiger partial charge is 0.339 e. The molecule has 1 unspecified atom stereocenters. The first-order valence-electron chi connectivity index (χ1n) is 6.34. The van der Waals surface area contributed by atoms with Gasteiger partial charge >= 0.3 is 0 Å². The Morgan fingerprint density at radius 3 is 3.10 bits per heavy atom. The van der Waals surface area contributed by atoms with Crippen molar-refractivity contribution in [3.05, 3.63) is 40.2 Å². The fraction of sp³-hybridized carbons (Fsp3) is 0.385. The summed E-state index contributed by atoms with van der Waals surface area (Å²) in [6.45, 7) is 3.09. The SMILES string of the molecule is Cc1noc(C2CCN(C(=O)c3ccncc3Br)C2)n1. The maximum Gasteiger partial charge on any atom is 0.255 e. The van der Waals surface area contributed by atoms with Gasteiger partial charge in [-0.25, -0.2) is 0 Å². The van der Waals surface area contributed by atoms with Crippen molar-refractivity contribution in [2.75, 3.05) is 13.1 Å². The van der Waals surface area contributed by atoms with E-state index < -0.39 is 0 Å². The molecule has 104 valence electrons. The molecule has 2 aromatic heterocycles. The van der Waals surface area contributed by atoms with Gasteiger partial charge in [-0.3, -0.25) is 9.78 Å². The number of likely N-dealkylation sites (tertiary alicyclic amines) is 1. The molecule has 2 aromatic rings. The summed E-state index contributed by atoms with van der Waals surface area (Å²) in [4.78, 5) is 22.5. The molecular weight excluding hydrogens is 324 g/mol. The van der Waals surface area contributed by atoms with Crippen molar-refractivity contribution in [2.45, 2.75) is 19.3 Å². The molecule has 0 radical (unpaired) electrons. The number of rotatable bonds is 2. The minimum absolute atomic E-state index is 0.00184. The Balaban J connectivity index is 1.74. The van der Waals surface area contributed by atoms with Crippen molar-refractivity contribution in [1.82, 2.24) is 20.0 Å². The van der Waals surface area contributed by atoms with Gasteiger partial charge in [-0.05, 0) is 35.3 Å². The van der Waals surface area contributed by atoms with Crippen LogP contribution in [0.5, 0.6) is 0 Å². The Kier molecular flexibility index (Phi) is 3.52. The zero-order valence-corrected chi connectivity index (χ0v) is 12.5. The third-order valence-electron chi connectivity index (χ3n) is 3.37. The van der Waals surface area contributed by atoms with Crippen LogP contribution in [0, 0.1) is 6.92 Å². The summed E-state index contributed by atoms with van der Waals surface area (Å²) in [6.07, 6.45) is 4.09. The highest BCUT2D eigenvalue weighted by molar-refractivity contribution is 9.10. The Hall–Kier alpha value is -1.76. The minimum atomic E-state index is -0.00184. The lowest BCUT2D eigenvalue weighted by atomic mass is 10.1. The first-order valence-corrected chi connectivity index (χ1v) is 7.13. The Bertz CT molecular complexity index is 643. The van der Waals surface area contributed by atoms with E-state index >= 15 is 0 Å². The molecule has 1 amide bonds. The van der Waals surface area contributed by atoms with Gasteiger partial charge in [0.25, 0.3) is 5.91 Å². The molecular formula is C13H13BrN4O2. The standard InChI is InChI=1S/C13H13BrN4O2/c1-8-16-12(20-17-8)9-3-5-18(7-9)13(19)10-2-4-15-6-11(10)14/h2,4,6,9H,3,5,7H2,1H3. The second-order valence-corrected chi connectivity index (χ2v) is 5.63. The summed E-state index contributed by atoms with van der Waals surface area (Å²) in [7, 11) is 0. The molecule has 0 spiro atoms. The molecule has 1 aliphatic heterocycles. The van der Waals surface area contributed by atoms with E-state index in [1.54, 1.807) is 25.4 Å². The van der Waals surface area contributed by atoms with E-state index in [1.807, 2.05) is 4.90 Å². The van der Waals surface area contributed by atoms with E-state index in [9.17, 15) is 4.79 Å². The van der Waals surface area contributed by atoms with Crippen LogP contribution in [-0.4, -0.2) is 39.0 Å². The molecule has 0 saturated carbocycles. The predicted octanol–water partition coefficient (Wildman–Crippen LogP) is 2.17. The zero-order valence-electron chi connectivity index (χ0n) is 10.9. The smallest absolute Gasteiger partial charge is 0.255 e. The van der Waals surface area contributed by atoms with Crippen LogP contribution in [0.1, 0.15) is 34.4 Å². The number of hydrogen-bond donors (Lipinski definition) is 0. The number of carbonyl (C=O) groups excluding carboxylic acids is 1. The number of halogens is 1. The maximum atomic E-state index is 12.5. The number of hydrogen-bond acceptors (Lipinski definition) is 5. The molecule has 1 atom stereocenters. The Morgan fingerprint density at radius 1 is 1.55 bits per heavy atom. The van der Waals surface area contributed by atoms with Gasteiger partial charge in [-0.2, -0.15) is 4.98 Å². The van der Waals surface area contributed by atoms with E-state index in [2.05, 4.69) is 31.1 Å². The van der Waals surface area contributed by atoms with E-state index in [-0.39, 0.29) is 11.8 Å². The highest BCUT2D eigenvalue weighted by Crippen LogP contribution is 2.28. The molecule has 3 heterocycles. The third-order valence-corrected chi connectivity index (χ3v) is 4.00. The number of amides is 1. The number of nitrogens with zero attached hydrogens (tertiary/aromatic N) is 4. The van der Waals surface area contributed by atoms with E-state index in [1.165, 1.54) is 0 Å². The van der Waals surface area contributed by atoms with Crippen molar-refractivity contribution in [3.63, 3.8) is 0 Å². The Labute approximate surface area is 124 Å². The van der Waals surface area contributed by atoms with Crippen LogP contribution in [0.15, 0.2) is 27.5 Å².